The molecular formula is C29H38N2OS2. The van der Waals surface area contributed by atoms with Crippen LogP contribution in [0.15, 0.2) is 84.1 Å². The predicted molar refractivity (Wildman–Crippen MR) is 152 cm³/mol. The van der Waals surface area contributed by atoms with Gasteiger partial charge in [0.1, 0.15) is 10.5 Å². The third-order valence-electron chi connectivity index (χ3n) is 5.73. The minimum absolute atomic E-state index is 0.465. The zero-order chi connectivity index (χ0) is 24.2. The Morgan fingerprint density at radius 2 is 1.97 bits per heavy atom. The number of thioether (sulfide) groups is 2. The lowest BCUT2D eigenvalue weighted by Crippen LogP contribution is -2.29. The maximum Gasteiger partial charge on any atom is 0.123 e. The topological polar surface area (TPSA) is 33.3 Å². The van der Waals surface area contributed by atoms with Gasteiger partial charge in [-0.2, -0.15) is 0 Å². The molecule has 2 aromatic carbocycles. The standard InChI is InChI=1S/C23H27NO.C6H11NS2/c1-18-7-5-12-22(24-18)11-4-3-8-19-9-6-10-21(17-19)20-13-15-23(25-2)16-14-20;1-3-8-6-7-5(2)4-9-6/h4,6,9-11,13-17,22,24H,1,3,5,7-8,12H2,2H3;4,6-7H,3H2,1-2H3/b11-4+;. The van der Waals surface area contributed by atoms with Crippen LogP contribution in [0.4, 0.5) is 0 Å². The summed E-state index contributed by atoms with van der Waals surface area (Å²) >= 11 is 3.81. The molecule has 0 amide bonds. The van der Waals surface area contributed by atoms with Crippen molar-refractivity contribution < 1.29 is 4.74 Å². The third kappa shape index (κ3) is 8.84. The van der Waals surface area contributed by atoms with Crippen LogP contribution in [0, 0.1) is 0 Å². The number of benzene rings is 2. The van der Waals surface area contributed by atoms with E-state index in [-0.39, 0.29) is 0 Å². The monoisotopic (exact) mass is 494 g/mol. The molecule has 2 aliphatic heterocycles. The summed E-state index contributed by atoms with van der Waals surface area (Å²) in [6.07, 6.45) is 10.3. The molecule has 2 N–H and O–H groups in total. The Morgan fingerprint density at radius 3 is 2.65 bits per heavy atom. The fourth-order valence-corrected chi connectivity index (χ4v) is 6.05. The minimum Gasteiger partial charge on any atom is -0.497 e. The highest BCUT2D eigenvalue weighted by atomic mass is 32.2. The Bertz CT molecular complexity index is 968. The van der Waals surface area contributed by atoms with Crippen LogP contribution in [0.3, 0.4) is 0 Å². The largest absolute Gasteiger partial charge is 0.497 e. The van der Waals surface area contributed by atoms with E-state index in [2.05, 4.69) is 85.0 Å². The molecule has 182 valence electrons. The van der Waals surface area contributed by atoms with Gasteiger partial charge in [0.05, 0.1) is 7.11 Å². The molecule has 2 atom stereocenters. The number of methoxy groups -OCH3 is 1. The zero-order valence-electron chi connectivity index (χ0n) is 20.7. The van der Waals surface area contributed by atoms with Crippen molar-refractivity contribution in [3.05, 3.63) is 89.6 Å². The summed E-state index contributed by atoms with van der Waals surface area (Å²) in [7, 11) is 1.70. The lowest BCUT2D eigenvalue weighted by molar-refractivity contribution is 0.415. The van der Waals surface area contributed by atoms with Crippen LogP contribution in [-0.2, 0) is 6.42 Å². The van der Waals surface area contributed by atoms with E-state index in [1.807, 2.05) is 35.7 Å². The highest BCUT2D eigenvalue weighted by molar-refractivity contribution is 8.18. The highest BCUT2D eigenvalue weighted by Gasteiger charge is 2.12. The van der Waals surface area contributed by atoms with E-state index in [9.17, 15) is 0 Å². The average molecular weight is 495 g/mol. The molecule has 2 heterocycles. The van der Waals surface area contributed by atoms with Crippen molar-refractivity contribution in [2.24, 2.45) is 0 Å². The molecule has 1 saturated heterocycles. The number of piperidine rings is 1. The van der Waals surface area contributed by atoms with Gasteiger partial charge in [-0.05, 0) is 79.0 Å². The molecule has 5 heteroatoms. The molecule has 2 aromatic rings. The molecule has 0 spiro atoms. The SMILES string of the molecule is C=C1CCCC(/C=C/CCc2cccc(-c3ccc(OC)cc3)c2)N1.CCSC1NC(C)=CS1. The fourth-order valence-electron chi connectivity index (χ4n) is 3.94. The van der Waals surface area contributed by atoms with Gasteiger partial charge in [-0.3, -0.25) is 0 Å². The number of nitrogens with one attached hydrogen (secondary N) is 2. The smallest absolute Gasteiger partial charge is 0.123 e. The van der Waals surface area contributed by atoms with Crippen molar-refractivity contribution >= 4 is 23.5 Å². The van der Waals surface area contributed by atoms with Crippen molar-refractivity contribution in [3.8, 4) is 16.9 Å². The Kier molecular flexibility index (Phi) is 11.0. The molecule has 3 nitrogen and oxygen atoms in total. The molecule has 34 heavy (non-hydrogen) atoms. The molecule has 0 saturated carbocycles. The van der Waals surface area contributed by atoms with Crippen LogP contribution >= 0.6 is 23.5 Å². The number of allylic oxidation sites excluding steroid dienone is 3. The number of hydrogen-bond acceptors (Lipinski definition) is 5. The predicted octanol–water partition coefficient (Wildman–Crippen LogP) is 7.73. The zero-order valence-corrected chi connectivity index (χ0v) is 22.3. The Morgan fingerprint density at radius 1 is 1.15 bits per heavy atom. The first-order chi connectivity index (χ1) is 16.6. The minimum atomic E-state index is 0.465. The Balaban J connectivity index is 0.000000302. The molecule has 0 aliphatic carbocycles. The van der Waals surface area contributed by atoms with Crippen LogP contribution in [0.25, 0.3) is 11.1 Å². The maximum atomic E-state index is 5.23. The summed E-state index contributed by atoms with van der Waals surface area (Å²) in [5.74, 6) is 2.08. The van der Waals surface area contributed by atoms with Gasteiger partial charge in [0.2, 0.25) is 0 Å². The van der Waals surface area contributed by atoms with Crippen molar-refractivity contribution in [2.45, 2.75) is 56.7 Å². The first kappa shape index (κ1) is 26.4. The second kappa shape index (κ2) is 14.2. The van der Waals surface area contributed by atoms with E-state index in [0.717, 1.165) is 25.0 Å². The number of ether oxygens (including phenoxy) is 1. The number of hydrogen-bond donors (Lipinski definition) is 2. The normalized spacial score (nSPS) is 19.6. The Hall–Kier alpha value is -2.24. The molecule has 0 bridgehead atoms. The van der Waals surface area contributed by atoms with Crippen LogP contribution in [-0.4, -0.2) is 23.6 Å². The first-order valence-electron chi connectivity index (χ1n) is 12.1. The van der Waals surface area contributed by atoms with Gasteiger partial charge in [0.25, 0.3) is 0 Å². The van der Waals surface area contributed by atoms with Crippen molar-refractivity contribution in [2.75, 3.05) is 12.9 Å². The van der Waals surface area contributed by atoms with Gasteiger partial charge in [-0.25, -0.2) is 0 Å². The van der Waals surface area contributed by atoms with E-state index in [1.54, 1.807) is 7.11 Å². The van der Waals surface area contributed by atoms with Crippen molar-refractivity contribution in [3.63, 3.8) is 0 Å². The summed E-state index contributed by atoms with van der Waals surface area (Å²) in [5, 5.41) is 8.98. The van der Waals surface area contributed by atoms with E-state index in [4.69, 9.17) is 4.74 Å². The van der Waals surface area contributed by atoms with Crippen LogP contribution < -0.4 is 15.4 Å². The van der Waals surface area contributed by atoms with Crippen LogP contribution in [0.2, 0.25) is 0 Å². The number of aryl methyl sites for hydroxylation is 1. The fraction of sp³-hybridized carbons (Fsp3) is 0.379. The second-order valence-electron chi connectivity index (χ2n) is 8.51. The lowest BCUT2D eigenvalue weighted by Gasteiger charge is -2.23. The summed E-state index contributed by atoms with van der Waals surface area (Å²) in [5.41, 5.74) is 6.33. The summed E-state index contributed by atoms with van der Waals surface area (Å²) in [6.45, 7) is 8.32. The first-order valence-corrected chi connectivity index (χ1v) is 14.1. The molecule has 0 aromatic heterocycles. The second-order valence-corrected chi connectivity index (χ2v) is 11.2. The number of rotatable bonds is 8. The van der Waals surface area contributed by atoms with Gasteiger partial charge in [-0.1, -0.05) is 73.8 Å². The summed E-state index contributed by atoms with van der Waals surface area (Å²) in [4.78, 5) is 0. The van der Waals surface area contributed by atoms with Crippen LogP contribution in [0.5, 0.6) is 5.75 Å². The van der Waals surface area contributed by atoms with E-state index >= 15 is 0 Å². The summed E-state index contributed by atoms with van der Waals surface area (Å²) in [6, 6.07) is 17.5. The van der Waals surface area contributed by atoms with Gasteiger partial charge in [0.15, 0.2) is 0 Å². The van der Waals surface area contributed by atoms with Crippen LogP contribution in [0.1, 0.15) is 45.1 Å². The molecule has 2 aliphatic rings. The average Bonchev–Trinajstić information content (AvgIpc) is 3.27. The molecule has 0 radical (unpaired) electrons. The molecule has 1 fully saturated rings. The molecule has 2 unspecified atom stereocenters. The molecular weight excluding hydrogens is 456 g/mol. The van der Waals surface area contributed by atoms with Gasteiger partial charge < -0.3 is 15.4 Å². The van der Waals surface area contributed by atoms with Gasteiger partial charge >= 0.3 is 0 Å². The van der Waals surface area contributed by atoms with Gasteiger partial charge in [0, 0.05) is 17.4 Å². The van der Waals surface area contributed by atoms with E-state index < -0.39 is 0 Å². The highest BCUT2D eigenvalue weighted by Crippen LogP contribution is 2.28. The summed E-state index contributed by atoms with van der Waals surface area (Å²) < 4.78 is 5.81. The Labute approximate surface area is 214 Å². The van der Waals surface area contributed by atoms with Crippen molar-refractivity contribution in [1.29, 1.82) is 0 Å². The van der Waals surface area contributed by atoms with Crippen molar-refractivity contribution in [1.82, 2.24) is 10.6 Å². The lowest BCUT2D eigenvalue weighted by atomic mass is 10.00. The quantitative estimate of drug-likeness (QED) is 0.367. The van der Waals surface area contributed by atoms with E-state index in [0.29, 0.717) is 10.7 Å². The molecule has 4 rings (SSSR count). The maximum absolute atomic E-state index is 5.23. The van der Waals surface area contributed by atoms with Gasteiger partial charge in [-0.15, -0.1) is 11.8 Å². The van der Waals surface area contributed by atoms with E-state index in [1.165, 1.54) is 46.7 Å². The third-order valence-corrected chi connectivity index (χ3v) is 8.08.